The number of rotatable bonds is 0. The van der Waals surface area contributed by atoms with E-state index >= 15 is 0 Å². The van der Waals surface area contributed by atoms with Crippen molar-refractivity contribution in [2.24, 2.45) is 0 Å². The van der Waals surface area contributed by atoms with Gasteiger partial charge in [-0.3, -0.25) is 4.40 Å². The van der Waals surface area contributed by atoms with Gasteiger partial charge in [0.2, 0.25) is 0 Å². The summed E-state index contributed by atoms with van der Waals surface area (Å²) in [7, 11) is 0. The van der Waals surface area contributed by atoms with E-state index in [-0.39, 0.29) is 0 Å². The summed E-state index contributed by atoms with van der Waals surface area (Å²) in [6, 6.07) is 3.76. The molecule has 2 aromatic heterocycles. The lowest BCUT2D eigenvalue weighted by molar-refractivity contribution is 1.10. The summed E-state index contributed by atoms with van der Waals surface area (Å²) >= 11 is 3.28. The molecule has 2 aromatic rings. The van der Waals surface area contributed by atoms with Crippen LogP contribution >= 0.6 is 15.9 Å². The summed E-state index contributed by atoms with van der Waals surface area (Å²) in [4.78, 5) is 0. The average molecular weight is 223 g/mol. The van der Waals surface area contributed by atoms with Crippen molar-refractivity contribution in [1.29, 1.82) is 5.26 Å². The van der Waals surface area contributed by atoms with Crippen LogP contribution in [0.25, 0.3) is 5.65 Å². The molecule has 0 aliphatic heterocycles. The van der Waals surface area contributed by atoms with Crippen molar-refractivity contribution in [3.8, 4) is 6.07 Å². The normalized spacial score (nSPS) is 10.0. The number of nitrogens with zero attached hydrogens (tertiary/aromatic N) is 4. The summed E-state index contributed by atoms with van der Waals surface area (Å²) in [5, 5.41) is 16.2. The molecule has 0 atom stereocenters. The molecule has 0 fully saturated rings. The lowest BCUT2D eigenvalue weighted by atomic mass is 10.3. The van der Waals surface area contributed by atoms with Crippen molar-refractivity contribution in [1.82, 2.24) is 14.6 Å². The van der Waals surface area contributed by atoms with Crippen molar-refractivity contribution in [3.05, 3.63) is 28.6 Å². The van der Waals surface area contributed by atoms with Crippen molar-refractivity contribution < 1.29 is 0 Å². The maximum Gasteiger partial charge on any atom is 0.178 e. The number of fused-ring (bicyclic) bond motifs is 1. The van der Waals surface area contributed by atoms with E-state index in [1.54, 1.807) is 23.0 Å². The third-order valence-electron chi connectivity index (χ3n) is 1.48. The zero-order chi connectivity index (χ0) is 8.55. The Balaban J connectivity index is 2.91. The van der Waals surface area contributed by atoms with E-state index in [9.17, 15) is 0 Å². The van der Waals surface area contributed by atoms with E-state index in [1.165, 1.54) is 0 Å². The molecular formula is C7H3BrN4. The Morgan fingerprint density at radius 2 is 2.42 bits per heavy atom. The van der Waals surface area contributed by atoms with Crippen LogP contribution in [0.3, 0.4) is 0 Å². The maximum atomic E-state index is 8.73. The standard InChI is InChI=1S/C7H3BrN4/c8-6-1-5(2-9)7-11-10-4-12(7)3-6/h1,3-4H. The zero-order valence-corrected chi connectivity index (χ0v) is 7.48. The molecule has 0 amide bonds. The first-order valence-electron chi connectivity index (χ1n) is 3.20. The van der Waals surface area contributed by atoms with Crippen LogP contribution in [0.4, 0.5) is 0 Å². The Kier molecular flexibility index (Phi) is 1.55. The molecule has 0 unspecified atom stereocenters. The monoisotopic (exact) mass is 222 g/mol. The van der Waals surface area contributed by atoms with Crippen LogP contribution < -0.4 is 0 Å². The smallest absolute Gasteiger partial charge is 0.178 e. The van der Waals surface area contributed by atoms with Gasteiger partial charge in [-0.1, -0.05) is 0 Å². The van der Waals surface area contributed by atoms with E-state index in [2.05, 4.69) is 26.1 Å². The lowest BCUT2D eigenvalue weighted by Crippen LogP contribution is -1.87. The van der Waals surface area contributed by atoms with Crippen molar-refractivity contribution in [3.63, 3.8) is 0 Å². The summed E-state index contributed by atoms with van der Waals surface area (Å²) in [6.07, 6.45) is 3.36. The fourth-order valence-electron chi connectivity index (χ4n) is 0.985. The van der Waals surface area contributed by atoms with Crippen molar-refractivity contribution in [2.75, 3.05) is 0 Å². The van der Waals surface area contributed by atoms with Crippen LogP contribution in [0.2, 0.25) is 0 Å². The number of hydrogen-bond donors (Lipinski definition) is 0. The highest BCUT2D eigenvalue weighted by molar-refractivity contribution is 9.10. The van der Waals surface area contributed by atoms with E-state index < -0.39 is 0 Å². The highest BCUT2D eigenvalue weighted by atomic mass is 79.9. The number of pyridine rings is 1. The van der Waals surface area contributed by atoms with Gasteiger partial charge in [0.25, 0.3) is 0 Å². The molecule has 0 aromatic carbocycles. The van der Waals surface area contributed by atoms with Gasteiger partial charge in [0.15, 0.2) is 5.65 Å². The quantitative estimate of drug-likeness (QED) is 0.677. The van der Waals surface area contributed by atoms with Crippen LogP contribution in [0, 0.1) is 11.3 Å². The predicted molar refractivity (Wildman–Crippen MR) is 45.4 cm³/mol. The topological polar surface area (TPSA) is 54.0 Å². The minimum Gasteiger partial charge on any atom is -0.287 e. The van der Waals surface area contributed by atoms with Crippen LogP contribution in [0.1, 0.15) is 5.56 Å². The Hall–Kier alpha value is -1.41. The molecule has 4 nitrogen and oxygen atoms in total. The molecule has 0 radical (unpaired) electrons. The molecule has 0 bridgehead atoms. The first-order valence-corrected chi connectivity index (χ1v) is 3.99. The molecule has 0 saturated carbocycles. The largest absolute Gasteiger partial charge is 0.287 e. The van der Waals surface area contributed by atoms with E-state index in [0.717, 1.165) is 4.47 Å². The molecular weight excluding hydrogens is 220 g/mol. The third-order valence-corrected chi connectivity index (χ3v) is 1.91. The average Bonchev–Trinajstić information content (AvgIpc) is 2.50. The van der Waals surface area contributed by atoms with Crippen molar-refractivity contribution >= 4 is 21.6 Å². The predicted octanol–water partition coefficient (Wildman–Crippen LogP) is 1.36. The maximum absolute atomic E-state index is 8.73. The SMILES string of the molecule is N#Cc1cc(Br)cn2cnnc12. The molecule has 0 spiro atoms. The lowest BCUT2D eigenvalue weighted by Gasteiger charge is -1.94. The van der Waals surface area contributed by atoms with E-state index in [0.29, 0.717) is 11.2 Å². The summed E-state index contributed by atoms with van der Waals surface area (Å²) in [6.45, 7) is 0. The minimum absolute atomic E-state index is 0.516. The Morgan fingerprint density at radius 3 is 3.17 bits per heavy atom. The summed E-state index contributed by atoms with van der Waals surface area (Å²) < 4.78 is 2.54. The Morgan fingerprint density at radius 1 is 1.58 bits per heavy atom. The fourth-order valence-corrected chi connectivity index (χ4v) is 1.43. The molecule has 2 heterocycles. The number of nitriles is 1. The molecule has 58 valence electrons. The van der Waals surface area contributed by atoms with Gasteiger partial charge in [0, 0.05) is 10.7 Å². The number of hydrogen-bond acceptors (Lipinski definition) is 3. The summed E-state index contributed by atoms with van der Waals surface area (Å²) in [5.74, 6) is 0. The second kappa shape index (κ2) is 2.57. The fraction of sp³-hybridized carbons (Fsp3) is 0. The van der Waals surface area contributed by atoms with Crippen LogP contribution in [-0.4, -0.2) is 14.6 Å². The first kappa shape index (κ1) is 7.25. The molecule has 12 heavy (non-hydrogen) atoms. The molecule has 0 aliphatic rings. The van der Waals surface area contributed by atoms with Gasteiger partial charge in [-0.05, 0) is 22.0 Å². The number of aromatic nitrogens is 3. The zero-order valence-electron chi connectivity index (χ0n) is 5.90. The van der Waals surface area contributed by atoms with Gasteiger partial charge in [-0.2, -0.15) is 5.26 Å². The van der Waals surface area contributed by atoms with E-state index in [1.807, 2.05) is 6.07 Å². The van der Waals surface area contributed by atoms with Crippen LogP contribution in [0.5, 0.6) is 0 Å². The Bertz CT molecular complexity index is 468. The molecule has 0 aliphatic carbocycles. The second-order valence-corrected chi connectivity index (χ2v) is 3.16. The van der Waals surface area contributed by atoms with Gasteiger partial charge in [0.05, 0.1) is 5.56 Å². The summed E-state index contributed by atoms with van der Waals surface area (Å²) in [5.41, 5.74) is 1.10. The van der Waals surface area contributed by atoms with Crippen LogP contribution in [-0.2, 0) is 0 Å². The van der Waals surface area contributed by atoms with Gasteiger partial charge >= 0.3 is 0 Å². The van der Waals surface area contributed by atoms with Gasteiger partial charge in [-0.25, -0.2) is 0 Å². The highest BCUT2D eigenvalue weighted by Crippen LogP contribution is 2.14. The molecule has 0 N–H and O–H groups in total. The van der Waals surface area contributed by atoms with Crippen LogP contribution in [0.15, 0.2) is 23.1 Å². The highest BCUT2D eigenvalue weighted by Gasteiger charge is 2.03. The van der Waals surface area contributed by atoms with Crippen molar-refractivity contribution in [2.45, 2.75) is 0 Å². The molecule has 5 heteroatoms. The molecule has 2 rings (SSSR count). The third kappa shape index (κ3) is 0.970. The second-order valence-electron chi connectivity index (χ2n) is 2.25. The minimum atomic E-state index is 0.516. The van der Waals surface area contributed by atoms with Gasteiger partial charge < -0.3 is 0 Å². The first-order chi connectivity index (χ1) is 5.81. The van der Waals surface area contributed by atoms with E-state index in [4.69, 9.17) is 5.26 Å². The molecule has 0 saturated heterocycles. The Labute approximate surface area is 76.6 Å². The number of halogens is 1. The van der Waals surface area contributed by atoms with Gasteiger partial charge in [-0.15, -0.1) is 10.2 Å². The van der Waals surface area contributed by atoms with Gasteiger partial charge in [0.1, 0.15) is 12.4 Å².